The minimum Gasteiger partial charge on any atom is -0.350 e. The Morgan fingerprint density at radius 2 is 1.70 bits per heavy atom. The molecule has 2 N–H and O–H groups in total. The van der Waals surface area contributed by atoms with Crippen LogP contribution in [0.1, 0.15) is 36.4 Å². The van der Waals surface area contributed by atoms with E-state index < -0.39 is 6.03 Å². The maximum Gasteiger partial charge on any atom is 0.335 e. The number of benzene rings is 2. The molecule has 0 spiro atoms. The Morgan fingerprint density at radius 3 is 2.33 bits per heavy atom. The molecule has 138 valence electrons. The maximum atomic E-state index is 13.3. The van der Waals surface area contributed by atoms with Crippen molar-refractivity contribution in [1.29, 1.82) is 0 Å². The highest BCUT2D eigenvalue weighted by Crippen LogP contribution is 2.44. The second-order valence-electron chi connectivity index (χ2n) is 6.88. The van der Waals surface area contributed by atoms with Crippen LogP contribution in [0.2, 0.25) is 0 Å². The summed E-state index contributed by atoms with van der Waals surface area (Å²) in [6.45, 7) is 0. The number of urea groups is 1. The summed E-state index contributed by atoms with van der Waals surface area (Å²) in [6.07, 6.45) is 4.62. The van der Waals surface area contributed by atoms with Gasteiger partial charge in [-0.3, -0.25) is 0 Å². The first-order valence-electron chi connectivity index (χ1n) is 8.92. The van der Waals surface area contributed by atoms with E-state index in [0.29, 0.717) is 0 Å². The lowest BCUT2D eigenvalue weighted by atomic mass is 9.77. The van der Waals surface area contributed by atoms with Crippen LogP contribution >= 0.6 is 0 Å². The fourth-order valence-corrected chi connectivity index (χ4v) is 3.94. The summed E-state index contributed by atoms with van der Waals surface area (Å²) < 4.78 is 26.5. The third kappa shape index (κ3) is 3.35. The molecule has 0 radical (unpaired) electrons. The van der Waals surface area contributed by atoms with Crippen LogP contribution in [0.25, 0.3) is 6.08 Å². The number of carbonyl (C=O) groups is 1. The summed E-state index contributed by atoms with van der Waals surface area (Å²) in [4.78, 5) is 12.0. The minimum absolute atomic E-state index is 0.00316. The van der Waals surface area contributed by atoms with Gasteiger partial charge in [-0.15, -0.1) is 0 Å². The van der Waals surface area contributed by atoms with Gasteiger partial charge in [-0.25, -0.2) is 18.6 Å². The Morgan fingerprint density at radius 1 is 1.07 bits per heavy atom. The lowest BCUT2D eigenvalue weighted by Gasteiger charge is -2.28. The molecule has 2 amide bonds. The number of hydrazone groups is 1. The molecule has 4 rings (SSSR count). The zero-order valence-corrected chi connectivity index (χ0v) is 14.6. The van der Waals surface area contributed by atoms with E-state index in [1.54, 1.807) is 24.3 Å². The molecular weight excluding hydrogens is 348 g/mol. The summed E-state index contributed by atoms with van der Waals surface area (Å²) in [5.74, 6) is -0.611. The van der Waals surface area contributed by atoms with Crippen molar-refractivity contribution in [2.75, 3.05) is 0 Å². The Kier molecular flexibility index (Phi) is 4.48. The van der Waals surface area contributed by atoms with Crippen molar-refractivity contribution >= 4 is 17.8 Å². The number of hydrogen-bond acceptors (Lipinski definition) is 2. The molecular formula is C21H19F2N3O. The van der Waals surface area contributed by atoms with Gasteiger partial charge in [-0.1, -0.05) is 24.3 Å². The summed E-state index contributed by atoms with van der Waals surface area (Å²) in [5.41, 5.74) is 9.11. The molecule has 1 fully saturated rings. The molecule has 0 aromatic heterocycles. The SMILES string of the molecule is NC(=O)N1N=C2/C(=C/c3ccc(F)cc3)CCCC2C1c1ccc(F)cc1. The number of primary amides is 1. The third-order valence-electron chi connectivity index (χ3n) is 5.15. The Labute approximate surface area is 156 Å². The minimum atomic E-state index is -0.632. The highest BCUT2D eigenvalue weighted by molar-refractivity contribution is 6.08. The van der Waals surface area contributed by atoms with Crippen LogP contribution in [-0.2, 0) is 0 Å². The maximum absolute atomic E-state index is 13.3. The molecule has 27 heavy (non-hydrogen) atoms. The summed E-state index contributed by atoms with van der Waals surface area (Å²) in [6, 6.07) is 11.4. The van der Waals surface area contributed by atoms with Crippen molar-refractivity contribution in [3.8, 4) is 0 Å². The van der Waals surface area contributed by atoms with E-state index in [1.165, 1.54) is 29.3 Å². The van der Waals surface area contributed by atoms with Crippen LogP contribution in [0.3, 0.4) is 0 Å². The van der Waals surface area contributed by atoms with E-state index in [4.69, 9.17) is 5.73 Å². The molecule has 2 aromatic rings. The monoisotopic (exact) mass is 367 g/mol. The summed E-state index contributed by atoms with van der Waals surface area (Å²) in [5, 5.41) is 5.83. The largest absolute Gasteiger partial charge is 0.350 e. The predicted molar refractivity (Wildman–Crippen MR) is 99.7 cm³/mol. The van der Waals surface area contributed by atoms with Gasteiger partial charge in [0.05, 0.1) is 11.8 Å². The van der Waals surface area contributed by atoms with Crippen LogP contribution in [0.5, 0.6) is 0 Å². The van der Waals surface area contributed by atoms with Gasteiger partial charge in [0.2, 0.25) is 0 Å². The average molecular weight is 367 g/mol. The molecule has 0 saturated heterocycles. The van der Waals surface area contributed by atoms with Gasteiger partial charge in [0, 0.05) is 5.92 Å². The van der Waals surface area contributed by atoms with E-state index in [2.05, 4.69) is 5.10 Å². The van der Waals surface area contributed by atoms with Crippen LogP contribution in [0, 0.1) is 17.6 Å². The topological polar surface area (TPSA) is 58.7 Å². The quantitative estimate of drug-likeness (QED) is 0.826. The van der Waals surface area contributed by atoms with Gasteiger partial charge < -0.3 is 5.73 Å². The fraction of sp³-hybridized carbons (Fsp3) is 0.238. The van der Waals surface area contributed by atoms with Gasteiger partial charge >= 0.3 is 6.03 Å². The molecule has 0 bridgehead atoms. The third-order valence-corrected chi connectivity index (χ3v) is 5.15. The van der Waals surface area contributed by atoms with E-state index in [0.717, 1.165) is 41.7 Å². The number of carbonyl (C=O) groups excluding carboxylic acids is 1. The van der Waals surface area contributed by atoms with Crippen LogP contribution < -0.4 is 5.73 Å². The number of fused-ring (bicyclic) bond motifs is 1. The molecule has 1 saturated carbocycles. The first kappa shape index (κ1) is 17.4. The van der Waals surface area contributed by atoms with Crippen molar-refractivity contribution in [3.63, 3.8) is 0 Å². The molecule has 2 atom stereocenters. The number of rotatable bonds is 2. The number of nitrogens with zero attached hydrogens (tertiary/aromatic N) is 2. The van der Waals surface area contributed by atoms with Gasteiger partial charge in [-0.2, -0.15) is 5.10 Å². The van der Waals surface area contributed by atoms with Crippen LogP contribution in [0.15, 0.2) is 59.2 Å². The summed E-state index contributed by atoms with van der Waals surface area (Å²) in [7, 11) is 0. The Hall–Kier alpha value is -3.02. The molecule has 1 aliphatic carbocycles. The Bertz CT molecular complexity index is 919. The highest BCUT2D eigenvalue weighted by Gasteiger charge is 2.43. The van der Waals surface area contributed by atoms with Crippen LogP contribution in [-0.4, -0.2) is 16.8 Å². The predicted octanol–water partition coefficient (Wildman–Crippen LogP) is 4.64. The van der Waals surface area contributed by atoms with Crippen molar-refractivity contribution in [3.05, 3.63) is 76.9 Å². The second kappa shape index (κ2) is 6.95. The van der Waals surface area contributed by atoms with Gasteiger partial charge in [0.25, 0.3) is 0 Å². The van der Waals surface area contributed by atoms with E-state index in [9.17, 15) is 13.6 Å². The van der Waals surface area contributed by atoms with E-state index in [1.807, 2.05) is 6.08 Å². The molecule has 2 aliphatic rings. The van der Waals surface area contributed by atoms with E-state index >= 15 is 0 Å². The number of halogens is 2. The molecule has 6 heteroatoms. The smallest absolute Gasteiger partial charge is 0.335 e. The number of allylic oxidation sites excluding steroid dienone is 1. The lowest BCUT2D eigenvalue weighted by Crippen LogP contribution is -2.35. The molecule has 2 unspecified atom stereocenters. The van der Waals surface area contributed by atoms with Gasteiger partial charge in [-0.05, 0) is 66.3 Å². The normalized spacial score (nSPS) is 23.3. The van der Waals surface area contributed by atoms with Gasteiger partial charge in [0.1, 0.15) is 11.6 Å². The molecule has 1 heterocycles. The molecule has 2 aromatic carbocycles. The lowest BCUT2D eigenvalue weighted by molar-refractivity contribution is 0.183. The van der Waals surface area contributed by atoms with Crippen molar-refractivity contribution in [1.82, 2.24) is 5.01 Å². The molecule has 1 aliphatic heterocycles. The standard InChI is InChI=1S/C21H19F2N3O/c22-16-8-4-13(5-9-16)12-15-2-1-3-18-19(15)25-26(21(24)27)20(18)14-6-10-17(23)11-7-14/h4-12,18,20H,1-3H2,(H2,24,27)/b15-12+. The van der Waals surface area contributed by atoms with E-state index in [-0.39, 0.29) is 23.6 Å². The average Bonchev–Trinajstić information content (AvgIpc) is 3.05. The van der Waals surface area contributed by atoms with Crippen molar-refractivity contribution in [2.45, 2.75) is 25.3 Å². The zero-order valence-electron chi connectivity index (χ0n) is 14.6. The zero-order chi connectivity index (χ0) is 19.0. The summed E-state index contributed by atoms with van der Waals surface area (Å²) >= 11 is 0. The number of amides is 2. The Balaban J connectivity index is 1.72. The molecule has 4 nitrogen and oxygen atoms in total. The fourth-order valence-electron chi connectivity index (χ4n) is 3.94. The van der Waals surface area contributed by atoms with Crippen LogP contribution in [0.4, 0.5) is 13.6 Å². The number of nitrogens with two attached hydrogens (primary N) is 1. The van der Waals surface area contributed by atoms with Crippen molar-refractivity contribution in [2.24, 2.45) is 16.8 Å². The van der Waals surface area contributed by atoms with Gasteiger partial charge in [0.15, 0.2) is 0 Å². The van der Waals surface area contributed by atoms with Crippen molar-refractivity contribution < 1.29 is 13.6 Å². The second-order valence-corrected chi connectivity index (χ2v) is 6.88. The number of hydrogen-bond donors (Lipinski definition) is 1. The first-order valence-corrected chi connectivity index (χ1v) is 8.92. The highest BCUT2D eigenvalue weighted by atomic mass is 19.1. The first-order chi connectivity index (χ1) is 13.0.